The van der Waals surface area contributed by atoms with Crippen molar-refractivity contribution in [1.82, 2.24) is 14.3 Å². The van der Waals surface area contributed by atoms with Crippen molar-refractivity contribution in [1.29, 1.82) is 0 Å². The second kappa shape index (κ2) is 10.8. The zero-order valence-electron chi connectivity index (χ0n) is 22.1. The van der Waals surface area contributed by atoms with Crippen molar-refractivity contribution in [3.8, 4) is 11.5 Å². The van der Waals surface area contributed by atoms with Crippen molar-refractivity contribution in [2.24, 2.45) is 0 Å². The molecule has 6 rings (SSSR count). The summed E-state index contributed by atoms with van der Waals surface area (Å²) in [6, 6.07) is 9.86. The topological polar surface area (TPSA) is 94.5 Å². The summed E-state index contributed by atoms with van der Waals surface area (Å²) in [5.74, 6) is -2.41. The van der Waals surface area contributed by atoms with Gasteiger partial charge in [0, 0.05) is 30.2 Å². The highest BCUT2D eigenvalue weighted by molar-refractivity contribution is 7.83. The number of hydrogen-bond acceptors (Lipinski definition) is 5. The van der Waals surface area contributed by atoms with Crippen molar-refractivity contribution in [3.63, 3.8) is 0 Å². The van der Waals surface area contributed by atoms with E-state index in [2.05, 4.69) is 15.6 Å². The number of fused-ring (bicyclic) bond motifs is 1. The number of rotatable bonds is 8. The maximum Gasteiger partial charge on any atom is 0.319 e. The Bertz CT molecular complexity index is 1630. The molecule has 2 N–H and O–H groups in total. The molecule has 0 bridgehead atoms. The van der Waals surface area contributed by atoms with E-state index >= 15 is 8.78 Å². The van der Waals surface area contributed by atoms with E-state index in [9.17, 15) is 13.4 Å². The summed E-state index contributed by atoms with van der Waals surface area (Å²) in [5, 5.41) is 5.16. The Labute approximate surface area is 236 Å². The fourth-order valence-electron chi connectivity index (χ4n) is 4.81. The lowest BCUT2D eigenvalue weighted by Crippen LogP contribution is -2.54. The van der Waals surface area contributed by atoms with Crippen LogP contribution < -0.4 is 15.4 Å². The van der Waals surface area contributed by atoms with E-state index in [1.807, 2.05) is 19.1 Å². The van der Waals surface area contributed by atoms with Gasteiger partial charge in [-0.1, -0.05) is 24.1 Å². The number of carbonyl (C=O) groups excluding carboxylic acids is 1. The summed E-state index contributed by atoms with van der Waals surface area (Å²) in [5.41, 5.74) is 0.452. The Morgan fingerprint density at radius 2 is 1.88 bits per heavy atom. The van der Waals surface area contributed by atoms with Crippen LogP contribution in [-0.2, 0) is 15.7 Å². The van der Waals surface area contributed by atoms with Crippen LogP contribution in [0.15, 0.2) is 59.8 Å². The molecule has 1 saturated heterocycles. The molecule has 2 aromatic heterocycles. The minimum atomic E-state index is -1.65. The molecule has 12 heteroatoms. The molecule has 1 aliphatic heterocycles. The van der Waals surface area contributed by atoms with E-state index in [4.69, 9.17) is 9.47 Å². The summed E-state index contributed by atoms with van der Waals surface area (Å²) < 4.78 is 70.0. The van der Waals surface area contributed by atoms with Crippen LogP contribution in [0.2, 0.25) is 0 Å². The van der Waals surface area contributed by atoms with Gasteiger partial charge in [-0.3, -0.25) is 0 Å². The molecule has 1 aliphatic carbocycles. The van der Waals surface area contributed by atoms with Gasteiger partial charge >= 0.3 is 6.03 Å². The van der Waals surface area contributed by atoms with E-state index in [0.717, 1.165) is 42.5 Å². The Morgan fingerprint density at radius 1 is 1.17 bits per heavy atom. The van der Waals surface area contributed by atoms with Gasteiger partial charge in [0.25, 0.3) is 0 Å². The lowest BCUT2D eigenvalue weighted by molar-refractivity contribution is -0.125. The van der Waals surface area contributed by atoms with Gasteiger partial charge in [-0.05, 0) is 49.4 Å². The number of aryl methyl sites for hydroxylation is 1. The maximum absolute atomic E-state index is 15.1. The minimum Gasteiger partial charge on any atom is -0.450 e. The predicted octanol–water partition coefficient (Wildman–Crippen LogP) is 6.11. The average molecular weight is 585 g/mol. The third-order valence-electron chi connectivity index (χ3n) is 7.35. The van der Waals surface area contributed by atoms with Gasteiger partial charge in [0.15, 0.2) is 39.7 Å². The first-order valence-corrected chi connectivity index (χ1v) is 14.3. The lowest BCUT2D eigenvalue weighted by Gasteiger charge is -2.33. The Kier molecular flexibility index (Phi) is 7.20. The van der Waals surface area contributed by atoms with E-state index in [1.165, 1.54) is 12.3 Å². The van der Waals surface area contributed by atoms with Gasteiger partial charge in [0.05, 0.1) is 30.0 Å². The molecule has 41 heavy (non-hydrogen) atoms. The molecule has 4 aromatic rings. The summed E-state index contributed by atoms with van der Waals surface area (Å²) in [6.07, 6.45) is 6.12. The quantitative estimate of drug-likeness (QED) is 0.261. The molecular formula is C29H27F3N4O4S. The molecule has 214 valence electrons. The van der Waals surface area contributed by atoms with Crippen LogP contribution in [0.5, 0.6) is 11.5 Å². The molecule has 3 heterocycles. The minimum absolute atomic E-state index is 0.126. The zero-order valence-corrected chi connectivity index (χ0v) is 22.9. The number of ether oxygens (including phenoxy) is 2. The number of anilines is 1. The fourth-order valence-corrected chi connectivity index (χ4v) is 5.91. The molecule has 2 aliphatic rings. The van der Waals surface area contributed by atoms with Crippen molar-refractivity contribution < 1.29 is 31.6 Å². The Balaban J connectivity index is 1.29. The highest BCUT2D eigenvalue weighted by Crippen LogP contribution is 2.44. The largest absolute Gasteiger partial charge is 0.450 e. The molecule has 0 radical (unpaired) electrons. The van der Waals surface area contributed by atoms with E-state index in [0.29, 0.717) is 15.9 Å². The number of pyridine rings is 1. The van der Waals surface area contributed by atoms with Crippen molar-refractivity contribution in [3.05, 3.63) is 77.6 Å². The SMILES string of the molecule is Cc1ccc(S(=O)n2cc(C3CCC3)c3c(Oc4c(F)cc(NC(=O)NCC5(F)COC5)cc4F)ccnc32)cc1. The monoisotopic (exact) mass is 584 g/mol. The Morgan fingerprint density at radius 3 is 2.49 bits per heavy atom. The molecule has 0 spiro atoms. The smallest absolute Gasteiger partial charge is 0.319 e. The van der Waals surface area contributed by atoms with Crippen LogP contribution >= 0.6 is 0 Å². The molecule has 8 nitrogen and oxygen atoms in total. The third kappa shape index (κ3) is 5.41. The lowest BCUT2D eigenvalue weighted by atomic mass is 9.80. The number of halogens is 3. The van der Waals surface area contributed by atoms with Crippen LogP contribution in [-0.4, -0.2) is 44.6 Å². The van der Waals surface area contributed by atoms with Gasteiger partial charge in [-0.2, -0.15) is 0 Å². The molecule has 1 atom stereocenters. The predicted molar refractivity (Wildman–Crippen MR) is 147 cm³/mol. The molecule has 1 unspecified atom stereocenters. The van der Waals surface area contributed by atoms with Gasteiger partial charge in [0.2, 0.25) is 0 Å². The van der Waals surface area contributed by atoms with Crippen LogP contribution in [0.4, 0.5) is 23.7 Å². The molecule has 1 saturated carbocycles. The van der Waals surface area contributed by atoms with Crippen LogP contribution in [0.1, 0.15) is 36.3 Å². The highest BCUT2D eigenvalue weighted by atomic mass is 32.2. The number of alkyl halides is 1. The number of amides is 2. The number of nitrogens with one attached hydrogen (secondary N) is 2. The first-order valence-electron chi connectivity index (χ1n) is 13.2. The molecule has 2 amide bonds. The summed E-state index contributed by atoms with van der Waals surface area (Å²) in [7, 11) is -1.61. The third-order valence-corrected chi connectivity index (χ3v) is 8.66. The normalized spacial score (nSPS) is 17.0. The van der Waals surface area contributed by atoms with Gasteiger partial charge in [0.1, 0.15) is 5.75 Å². The van der Waals surface area contributed by atoms with Gasteiger partial charge in [-0.25, -0.2) is 31.1 Å². The van der Waals surface area contributed by atoms with Crippen molar-refractivity contribution in [2.75, 3.05) is 25.1 Å². The van der Waals surface area contributed by atoms with Gasteiger partial charge < -0.3 is 20.1 Å². The van der Waals surface area contributed by atoms with Crippen LogP contribution in [0.3, 0.4) is 0 Å². The summed E-state index contributed by atoms with van der Waals surface area (Å²) in [4.78, 5) is 17.2. The highest BCUT2D eigenvalue weighted by Gasteiger charge is 2.39. The fraction of sp³-hybridized carbons (Fsp3) is 0.310. The van der Waals surface area contributed by atoms with Crippen molar-refractivity contribution in [2.45, 2.75) is 42.7 Å². The number of nitrogens with zero attached hydrogens (tertiary/aromatic N) is 2. The number of urea groups is 1. The van der Waals surface area contributed by atoms with E-state index < -0.39 is 40.1 Å². The maximum atomic E-state index is 15.1. The number of aromatic nitrogens is 2. The standard InChI is InChI=1S/C29H27F3N4O4S/c1-17-5-7-20(8-6-17)41(38)36-13-21(18-3-2-4-18)25-24(9-10-33-27(25)36)40-26-22(30)11-19(12-23(26)31)35-28(37)34-14-29(32)15-39-16-29/h5-13,18H,2-4,14-16H2,1H3,(H2,34,35,37). The second-order valence-electron chi connectivity index (χ2n) is 10.4. The first kappa shape index (κ1) is 27.3. The summed E-state index contributed by atoms with van der Waals surface area (Å²) >= 11 is 0. The number of carbonyl (C=O) groups is 1. The van der Waals surface area contributed by atoms with E-state index in [-0.39, 0.29) is 37.1 Å². The number of benzene rings is 2. The number of hydrogen-bond donors (Lipinski definition) is 2. The van der Waals surface area contributed by atoms with Crippen LogP contribution in [0, 0.1) is 18.6 Å². The van der Waals surface area contributed by atoms with E-state index in [1.54, 1.807) is 22.3 Å². The summed E-state index contributed by atoms with van der Waals surface area (Å²) in [6.45, 7) is 1.40. The molecule has 2 aromatic carbocycles. The zero-order chi connectivity index (χ0) is 28.7. The molecule has 2 fully saturated rings. The Hall–Kier alpha value is -3.90. The van der Waals surface area contributed by atoms with Crippen molar-refractivity contribution >= 4 is 33.7 Å². The average Bonchev–Trinajstić information content (AvgIpc) is 3.27. The molecular weight excluding hydrogens is 557 g/mol. The first-order chi connectivity index (χ1) is 19.7. The second-order valence-corrected chi connectivity index (χ2v) is 11.8. The van der Waals surface area contributed by atoms with Gasteiger partial charge in [-0.15, -0.1) is 0 Å². The van der Waals surface area contributed by atoms with Crippen LogP contribution in [0.25, 0.3) is 11.0 Å².